The number of hydrogen-bond acceptors (Lipinski definition) is 5. The van der Waals surface area contributed by atoms with Crippen LogP contribution in [0.5, 0.6) is 0 Å². The van der Waals surface area contributed by atoms with Gasteiger partial charge < -0.3 is 5.32 Å². The van der Waals surface area contributed by atoms with Crippen LogP contribution in [0.25, 0.3) is 5.69 Å². The number of para-hydroxylation sites is 1. The van der Waals surface area contributed by atoms with Crippen LogP contribution in [0.3, 0.4) is 0 Å². The highest BCUT2D eigenvalue weighted by Gasteiger charge is 2.10. The molecule has 0 bridgehead atoms. The number of hydrogen-bond donors (Lipinski definition) is 1. The zero-order valence-corrected chi connectivity index (χ0v) is 15.0. The van der Waals surface area contributed by atoms with Crippen molar-refractivity contribution in [3.63, 3.8) is 0 Å². The van der Waals surface area contributed by atoms with Crippen LogP contribution in [0.4, 0.5) is 5.69 Å². The molecule has 0 fully saturated rings. The van der Waals surface area contributed by atoms with Crippen molar-refractivity contribution in [2.45, 2.75) is 19.6 Å². The Morgan fingerprint density at radius 1 is 1.16 bits per heavy atom. The van der Waals surface area contributed by atoms with Crippen LogP contribution in [0, 0.1) is 13.8 Å². The van der Waals surface area contributed by atoms with Crippen molar-refractivity contribution in [3.05, 3.63) is 65.5 Å². The summed E-state index contributed by atoms with van der Waals surface area (Å²) in [5, 5.41) is 14.8. The Hall–Kier alpha value is -2.67. The van der Waals surface area contributed by atoms with Gasteiger partial charge in [0.2, 0.25) is 5.91 Å². The summed E-state index contributed by atoms with van der Waals surface area (Å²) in [7, 11) is 0. The number of rotatable bonds is 6. The molecule has 25 heavy (non-hydrogen) atoms. The largest absolute Gasteiger partial charge is 0.325 e. The highest BCUT2D eigenvalue weighted by Crippen LogP contribution is 2.18. The highest BCUT2D eigenvalue weighted by molar-refractivity contribution is 7.99. The summed E-state index contributed by atoms with van der Waals surface area (Å²) in [6.07, 6.45) is 0. The first-order chi connectivity index (χ1) is 12.1. The number of carbonyl (C=O) groups excluding carboxylic acids is 1. The molecule has 7 heteroatoms. The van der Waals surface area contributed by atoms with Crippen LogP contribution in [-0.2, 0) is 10.5 Å². The van der Waals surface area contributed by atoms with Crippen LogP contribution < -0.4 is 5.32 Å². The van der Waals surface area contributed by atoms with Gasteiger partial charge in [-0.1, -0.05) is 30.3 Å². The fraction of sp³-hybridized carbons (Fsp3) is 0.222. The Bertz CT molecular complexity index is 863. The summed E-state index contributed by atoms with van der Waals surface area (Å²) in [6, 6.07) is 15.7. The third kappa shape index (κ3) is 4.45. The van der Waals surface area contributed by atoms with E-state index in [1.807, 2.05) is 62.4 Å². The van der Waals surface area contributed by atoms with Gasteiger partial charge in [-0.3, -0.25) is 4.79 Å². The van der Waals surface area contributed by atoms with Gasteiger partial charge in [-0.05, 0) is 53.6 Å². The standard InChI is InChI=1S/C18H19N5OS/c1-13-8-9-14(2)16(10-13)19-18(24)12-25-11-17-20-21-22-23(17)15-6-4-3-5-7-15/h3-10H,11-12H2,1-2H3,(H,19,24). The van der Waals surface area contributed by atoms with Gasteiger partial charge in [0.25, 0.3) is 0 Å². The molecule has 3 aromatic rings. The SMILES string of the molecule is Cc1ccc(C)c(NC(=O)CSCc2nnnn2-c2ccccc2)c1. The molecule has 6 nitrogen and oxygen atoms in total. The maximum atomic E-state index is 12.2. The third-order valence-electron chi connectivity index (χ3n) is 3.67. The molecule has 1 heterocycles. The van der Waals surface area contributed by atoms with Gasteiger partial charge in [-0.25, -0.2) is 0 Å². The molecule has 1 aromatic heterocycles. The average Bonchev–Trinajstić information content (AvgIpc) is 3.07. The average molecular weight is 353 g/mol. The van der Waals surface area contributed by atoms with E-state index in [1.54, 1.807) is 4.68 Å². The van der Waals surface area contributed by atoms with E-state index in [2.05, 4.69) is 20.8 Å². The second kappa shape index (κ2) is 7.94. The van der Waals surface area contributed by atoms with Gasteiger partial charge in [0.15, 0.2) is 5.82 Å². The molecule has 0 aliphatic carbocycles. The number of aryl methyl sites for hydroxylation is 2. The normalized spacial score (nSPS) is 10.6. The minimum absolute atomic E-state index is 0.0302. The summed E-state index contributed by atoms with van der Waals surface area (Å²) < 4.78 is 1.69. The zero-order chi connectivity index (χ0) is 17.6. The van der Waals surface area contributed by atoms with E-state index in [0.29, 0.717) is 11.5 Å². The number of nitrogens with zero attached hydrogens (tertiary/aromatic N) is 4. The van der Waals surface area contributed by atoms with E-state index in [1.165, 1.54) is 11.8 Å². The van der Waals surface area contributed by atoms with Crippen LogP contribution in [0.2, 0.25) is 0 Å². The first kappa shape index (κ1) is 17.2. The number of carbonyl (C=O) groups is 1. The molecule has 0 unspecified atom stereocenters. The van der Waals surface area contributed by atoms with Crippen molar-refractivity contribution in [1.29, 1.82) is 0 Å². The Morgan fingerprint density at radius 2 is 1.96 bits per heavy atom. The number of amides is 1. The summed E-state index contributed by atoms with van der Waals surface area (Å²) in [5.41, 5.74) is 3.94. The second-order valence-corrected chi connectivity index (χ2v) is 6.69. The zero-order valence-electron chi connectivity index (χ0n) is 14.1. The number of anilines is 1. The monoisotopic (exact) mass is 353 g/mol. The van der Waals surface area contributed by atoms with E-state index < -0.39 is 0 Å². The van der Waals surface area contributed by atoms with Crippen molar-refractivity contribution in [2.75, 3.05) is 11.1 Å². The van der Waals surface area contributed by atoms with Crippen LogP contribution in [0.15, 0.2) is 48.5 Å². The molecule has 0 aliphatic heterocycles. The number of tetrazole rings is 1. The lowest BCUT2D eigenvalue weighted by atomic mass is 10.1. The lowest BCUT2D eigenvalue weighted by molar-refractivity contribution is -0.113. The molecule has 3 rings (SSSR count). The number of nitrogens with one attached hydrogen (secondary N) is 1. The topological polar surface area (TPSA) is 72.7 Å². The first-order valence-electron chi connectivity index (χ1n) is 7.91. The lowest BCUT2D eigenvalue weighted by Crippen LogP contribution is -2.15. The fourth-order valence-corrected chi connectivity index (χ4v) is 3.08. The number of aromatic nitrogens is 4. The molecule has 1 amide bonds. The van der Waals surface area contributed by atoms with E-state index >= 15 is 0 Å². The molecule has 0 saturated heterocycles. The van der Waals surface area contributed by atoms with E-state index in [-0.39, 0.29) is 5.91 Å². The highest BCUT2D eigenvalue weighted by atomic mass is 32.2. The van der Waals surface area contributed by atoms with Crippen molar-refractivity contribution in [2.24, 2.45) is 0 Å². The van der Waals surface area contributed by atoms with Crippen molar-refractivity contribution < 1.29 is 4.79 Å². The Morgan fingerprint density at radius 3 is 2.76 bits per heavy atom. The Labute approximate surface area is 150 Å². The third-order valence-corrected chi connectivity index (χ3v) is 4.59. The van der Waals surface area contributed by atoms with Gasteiger partial charge in [-0.2, -0.15) is 4.68 Å². The van der Waals surface area contributed by atoms with Crippen molar-refractivity contribution in [1.82, 2.24) is 20.2 Å². The van der Waals surface area contributed by atoms with E-state index in [4.69, 9.17) is 0 Å². The summed E-state index contributed by atoms with van der Waals surface area (Å²) in [6.45, 7) is 3.99. The molecule has 0 radical (unpaired) electrons. The maximum Gasteiger partial charge on any atom is 0.234 e. The van der Waals surface area contributed by atoms with Crippen molar-refractivity contribution >= 4 is 23.4 Å². The molecule has 0 saturated carbocycles. The Balaban J connectivity index is 1.56. The van der Waals surface area contributed by atoms with Gasteiger partial charge in [-0.15, -0.1) is 16.9 Å². The molecule has 0 atom stereocenters. The minimum atomic E-state index is -0.0302. The smallest absolute Gasteiger partial charge is 0.234 e. The molecule has 1 N–H and O–H groups in total. The quantitative estimate of drug-likeness (QED) is 0.737. The molecular weight excluding hydrogens is 334 g/mol. The van der Waals surface area contributed by atoms with Gasteiger partial charge in [0.1, 0.15) is 0 Å². The van der Waals surface area contributed by atoms with Crippen LogP contribution >= 0.6 is 11.8 Å². The van der Waals surface area contributed by atoms with Crippen molar-refractivity contribution in [3.8, 4) is 5.69 Å². The lowest BCUT2D eigenvalue weighted by Gasteiger charge is -2.09. The van der Waals surface area contributed by atoms with Gasteiger partial charge in [0, 0.05) is 5.69 Å². The summed E-state index contributed by atoms with van der Waals surface area (Å²) >= 11 is 1.48. The number of thioether (sulfide) groups is 1. The fourth-order valence-electron chi connectivity index (χ4n) is 2.36. The predicted molar refractivity (Wildman–Crippen MR) is 99.9 cm³/mol. The molecule has 2 aromatic carbocycles. The summed E-state index contributed by atoms with van der Waals surface area (Å²) in [4.78, 5) is 12.2. The molecular formula is C18H19N5OS. The van der Waals surface area contributed by atoms with Crippen LogP contribution in [-0.4, -0.2) is 31.9 Å². The van der Waals surface area contributed by atoms with E-state index in [0.717, 1.165) is 28.3 Å². The number of benzene rings is 2. The van der Waals surface area contributed by atoms with Gasteiger partial charge in [0.05, 0.1) is 17.2 Å². The summed E-state index contributed by atoms with van der Waals surface area (Å²) in [5.74, 6) is 1.59. The Kier molecular flexibility index (Phi) is 5.45. The first-order valence-corrected chi connectivity index (χ1v) is 9.06. The maximum absolute atomic E-state index is 12.2. The predicted octanol–water partition coefficient (Wildman–Crippen LogP) is 3.15. The van der Waals surface area contributed by atoms with E-state index in [9.17, 15) is 4.79 Å². The minimum Gasteiger partial charge on any atom is -0.325 e. The van der Waals surface area contributed by atoms with Crippen LogP contribution in [0.1, 0.15) is 17.0 Å². The molecule has 0 aliphatic rings. The molecule has 0 spiro atoms. The second-order valence-electron chi connectivity index (χ2n) is 5.70. The molecule has 128 valence electrons. The van der Waals surface area contributed by atoms with Gasteiger partial charge >= 0.3 is 0 Å².